The second-order valence-electron chi connectivity index (χ2n) is 5.26. The maximum atomic E-state index is 12.0. The Labute approximate surface area is 113 Å². The number of rotatable bonds is 4. The second kappa shape index (κ2) is 5.21. The monoisotopic (exact) mass is 266 g/mol. The van der Waals surface area contributed by atoms with Gasteiger partial charge in [-0.3, -0.25) is 10.00 Å². The molecule has 106 valence electrons. The third kappa shape index (κ3) is 2.89. The number of hydrogen-bond acceptors (Lipinski definition) is 3. The predicted molar refractivity (Wildman–Crippen MR) is 73.0 cm³/mol. The molecule has 1 aliphatic heterocycles. The Kier molecular flexibility index (Phi) is 3.80. The summed E-state index contributed by atoms with van der Waals surface area (Å²) in [7, 11) is 1.81. The number of anilines is 1. The average molecular weight is 266 g/mol. The van der Waals surface area contributed by atoms with Gasteiger partial charge in [0.2, 0.25) is 0 Å². The summed E-state index contributed by atoms with van der Waals surface area (Å²) in [5.41, 5.74) is 0.283. The molecule has 0 aliphatic carbocycles. The number of aliphatic hydroxyl groups is 1. The highest BCUT2D eigenvalue weighted by atomic mass is 16.3. The van der Waals surface area contributed by atoms with E-state index >= 15 is 0 Å². The van der Waals surface area contributed by atoms with Crippen LogP contribution in [0.4, 0.5) is 10.6 Å². The topological polar surface area (TPSA) is 70.4 Å². The van der Waals surface area contributed by atoms with Gasteiger partial charge in [-0.2, -0.15) is 5.10 Å². The minimum Gasteiger partial charge on any atom is -0.386 e. The highest BCUT2D eigenvalue weighted by Crippen LogP contribution is 2.24. The van der Waals surface area contributed by atoms with Crippen molar-refractivity contribution in [3.63, 3.8) is 0 Å². The van der Waals surface area contributed by atoms with Gasteiger partial charge in [0.05, 0.1) is 24.4 Å². The summed E-state index contributed by atoms with van der Waals surface area (Å²) >= 11 is 0. The Hall–Kier alpha value is -1.56. The lowest BCUT2D eigenvalue weighted by Gasteiger charge is -2.45. The maximum absolute atomic E-state index is 12.0. The number of carbonyl (C=O) groups excluding carboxylic acids is 1. The lowest BCUT2D eigenvalue weighted by Crippen LogP contribution is -2.64. The summed E-state index contributed by atoms with van der Waals surface area (Å²) in [5.74, 6) is 0.695. The number of likely N-dealkylation sites (tertiary alicyclic amines) is 1. The van der Waals surface area contributed by atoms with Crippen molar-refractivity contribution in [1.29, 1.82) is 0 Å². The van der Waals surface area contributed by atoms with Gasteiger partial charge in [0.1, 0.15) is 5.82 Å². The van der Waals surface area contributed by atoms with Gasteiger partial charge in [-0.25, -0.2) is 4.79 Å². The SMILES string of the molecule is CCCc1cc(NC(=O)N2CC(O)(CC)C2)n(C)n1. The summed E-state index contributed by atoms with van der Waals surface area (Å²) in [6.45, 7) is 4.82. The predicted octanol–water partition coefficient (Wildman–Crippen LogP) is 1.36. The Balaban J connectivity index is 1.93. The summed E-state index contributed by atoms with van der Waals surface area (Å²) in [6.07, 6.45) is 2.60. The fourth-order valence-corrected chi connectivity index (χ4v) is 2.24. The molecular weight excluding hydrogens is 244 g/mol. The number of carbonyl (C=O) groups is 1. The molecule has 0 bridgehead atoms. The van der Waals surface area contributed by atoms with Gasteiger partial charge in [0.25, 0.3) is 0 Å². The quantitative estimate of drug-likeness (QED) is 0.864. The van der Waals surface area contributed by atoms with Crippen LogP contribution in [-0.4, -0.2) is 44.5 Å². The van der Waals surface area contributed by atoms with Crippen molar-refractivity contribution in [2.45, 2.75) is 38.7 Å². The molecule has 1 aromatic heterocycles. The van der Waals surface area contributed by atoms with E-state index < -0.39 is 5.60 Å². The molecule has 2 N–H and O–H groups in total. The first kappa shape index (κ1) is 13.9. The summed E-state index contributed by atoms with van der Waals surface area (Å²) in [4.78, 5) is 13.6. The highest BCUT2D eigenvalue weighted by molar-refractivity contribution is 5.89. The zero-order valence-corrected chi connectivity index (χ0v) is 11.8. The number of β-amino-alcohol motifs (C(OH)–C–C–N with tert-alkyl or cyclic N) is 1. The zero-order chi connectivity index (χ0) is 14.0. The van der Waals surface area contributed by atoms with Crippen LogP contribution in [0.3, 0.4) is 0 Å². The minimum atomic E-state index is -0.697. The van der Waals surface area contributed by atoms with E-state index in [1.807, 2.05) is 20.0 Å². The van der Waals surface area contributed by atoms with Crippen LogP contribution in [0, 0.1) is 0 Å². The molecule has 0 spiro atoms. The molecule has 1 aromatic rings. The lowest BCUT2D eigenvalue weighted by atomic mass is 9.92. The van der Waals surface area contributed by atoms with Crippen molar-refractivity contribution >= 4 is 11.8 Å². The normalized spacial score (nSPS) is 17.2. The number of aromatic nitrogens is 2. The summed E-state index contributed by atoms with van der Waals surface area (Å²) < 4.78 is 1.68. The van der Waals surface area contributed by atoms with Gasteiger partial charge in [0.15, 0.2) is 0 Å². The van der Waals surface area contributed by atoms with Crippen molar-refractivity contribution in [1.82, 2.24) is 14.7 Å². The molecule has 1 fully saturated rings. The molecule has 6 nitrogen and oxygen atoms in total. The lowest BCUT2D eigenvalue weighted by molar-refractivity contribution is -0.0755. The number of nitrogens with one attached hydrogen (secondary N) is 1. The molecule has 2 amide bonds. The van der Waals surface area contributed by atoms with Gasteiger partial charge in [-0.05, 0) is 12.8 Å². The average Bonchev–Trinajstić information content (AvgIpc) is 2.66. The van der Waals surface area contributed by atoms with Crippen LogP contribution >= 0.6 is 0 Å². The van der Waals surface area contributed by atoms with Gasteiger partial charge in [-0.1, -0.05) is 20.3 Å². The number of urea groups is 1. The van der Waals surface area contributed by atoms with Crippen LogP contribution in [0.25, 0.3) is 0 Å². The Morgan fingerprint density at radius 1 is 1.53 bits per heavy atom. The van der Waals surface area contributed by atoms with Crippen molar-refractivity contribution in [3.05, 3.63) is 11.8 Å². The van der Waals surface area contributed by atoms with E-state index in [0.29, 0.717) is 25.3 Å². The number of hydrogen-bond donors (Lipinski definition) is 2. The largest absolute Gasteiger partial charge is 0.386 e. The van der Waals surface area contributed by atoms with E-state index in [-0.39, 0.29) is 6.03 Å². The summed E-state index contributed by atoms with van der Waals surface area (Å²) in [6, 6.07) is 1.72. The molecule has 6 heteroatoms. The minimum absolute atomic E-state index is 0.177. The van der Waals surface area contributed by atoms with Crippen molar-refractivity contribution in [2.24, 2.45) is 7.05 Å². The number of nitrogens with zero attached hydrogens (tertiary/aromatic N) is 3. The van der Waals surface area contributed by atoms with Gasteiger partial charge >= 0.3 is 6.03 Å². The smallest absolute Gasteiger partial charge is 0.323 e. The molecule has 2 heterocycles. The van der Waals surface area contributed by atoms with Crippen LogP contribution in [0.2, 0.25) is 0 Å². The molecule has 0 saturated carbocycles. The molecule has 0 radical (unpaired) electrons. The third-order valence-electron chi connectivity index (χ3n) is 3.59. The molecule has 0 unspecified atom stereocenters. The molecule has 1 aliphatic rings. The molecule has 1 saturated heterocycles. The van der Waals surface area contributed by atoms with Crippen molar-refractivity contribution in [2.75, 3.05) is 18.4 Å². The number of amides is 2. The Morgan fingerprint density at radius 2 is 2.21 bits per heavy atom. The first-order valence-electron chi connectivity index (χ1n) is 6.78. The van der Waals surface area contributed by atoms with Crippen LogP contribution in [0.5, 0.6) is 0 Å². The number of aryl methyl sites for hydroxylation is 2. The van der Waals surface area contributed by atoms with Crippen LogP contribution in [-0.2, 0) is 13.5 Å². The molecule has 0 aromatic carbocycles. The van der Waals surface area contributed by atoms with Gasteiger partial charge in [-0.15, -0.1) is 0 Å². The van der Waals surface area contributed by atoms with Crippen molar-refractivity contribution < 1.29 is 9.90 Å². The van der Waals surface area contributed by atoms with E-state index in [1.54, 1.807) is 9.58 Å². The van der Waals surface area contributed by atoms with Crippen LogP contribution < -0.4 is 5.32 Å². The highest BCUT2D eigenvalue weighted by Gasteiger charge is 2.42. The molecule has 2 rings (SSSR count). The Bertz CT molecular complexity index is 463. The molecule has 19 heavy (non-hydrogen) atoms. The Morgan fingerprint density at radius 3 is 2.79 bits per heavy atom. The van der Waals surface area contributed by atoms with E-state index in [9.17, 15) is 9.90 Å². The van der Waals surface area contributed by atoms with Crippen LogP contribution in [0.1, 0.15) is 32.4 Å². The third-order valence-corrected chi connectivity index (χ3v) is 3.59. The first-order valence-corrected chi connectivity index (χ1v) is 6.78. The fourth-order valence-electron chi connectivity index (χ4n) is 2.24. The van der Waals surface area contributed by atoms with Crippen molar-refractivity contribution in [3.8, 4) is 0 Å². The van der Waals surface area contributed by atoms with E-state index in [0.717, 1.165) is 18.5 Å². The van der Waals surface area contributed by atoms with E-state index in [4.69, 9.17) is 0 Å². The zero-order valence-electron chi connectivity index (χ0n) is 11.8. The van der Waals surface area contributed by atoms with E-state index in [1.165, 1.54) is 0 Å². The summed E-state index contributed by atoms with van der Waals surface area (Å²) in [5, 5.41) is 17.1. The standard InChI is InChI=1S/C13H22N4O2/c1-4-6-10-7-11(16(3)15-10)14-12(18)17-8-13(19,5-2)9-17/h7,19H,4-6,8-9H2,1-3H3,(H,14,18). The van der Waals surface area contributed by atoms with E-state index in [2.05, 4.69) is 17.3 Å². The maximum Gasteiger partial charge on any atom is 0.323 e. The first-order chi connectivity index (χ1) is 8.97. The van der Waals surface area contributed by atoms with Gasteiger partial charge < -0.3 is 10.0 Å². The van der Waals surface area contributed by atoms with Gasteiger partial charge in [0, 0.05) is 13.1 Å². The molecule has 0 atom stereocenters. The second-order valence-corrected chi connectivity index (χ2v) is 5.26. The molecular formula is C13H22N4O2. The fraction of sp³-hybridized carbons (Fsp3) is 0.692. The van der Waals surface area contributed by atoms with Crippen LogP contribution in [0.15, 0.2) is 6.07 Å².